The average Bonchev–Trinajstić information content (AvgIpc) is 3.21. The molecule has 0 bridgehead atoms. The quantitative estimate of drug-likeness (QED) is 0.752. The van der Waals surface area contributed by atoms with Gasteiger partial charge in [-0.1, -0.05) is 30.3 Å². The maximum absolute atomic E-state index is 12.6. The van der Waals surface area contributed by atoms with E-state index in [0.29, 0.717) is 12.6 Å². The van der Waals surface area contributed by atoms with Crippen molar-refractivity contribution in [3.8, 4) is 0 Å². The van der Waals surface area contributed by atoms with Crippen molar-refractivity contribution < 1.29 is 9.21 Å². The van der Waals surface area contributed by atoms with E-state index in [2.05, 4.69) is 4.90 Å². The van der Waals surface area contributed by atoms with Crippen LogP contribution in [0.1, 0.15) is 35.9 Å². The molecule has 0 aliphatic heterocycles. The lowest BCUT2D eigenvalue weighted by atomic mass is 10.0. The number of rotatable bonds is 6. The molecule has 0 saturated heterocycles. The smallest absolute Gasteiger partial charge is 0.179 e. The van der Waals surface area contributed by atoms with Crippen molar-refractivity contribution in [2.24, 2.45) is 0 Å². The molecule has 0 N–H and O–H groups in total. The Morgan fingerprint density at radius 3 is 2.60 bits per heavy atom. The van der Waals surface area contributed by atoms with Crippen LogP contribution in [0.15, 0.2) is 53.1 Å². The highest BCUT2D eigenvalue weighted by Gasteiger charge is 2.35. The van der Waals surface area contributed by atoms with E-state index in [0.717, 1.165) is 11.3 Å². The van der Waals surface area contributed by atoms with Gasteiger partial charge in [0, 0.05) is 11.6 Å². The van der Waals surface area contributed by atoms with Crippen molar-refractivity contribution in [1.29, 1.82) is 0 Å². The number of benzene rings is 1. The summed E-state index contributed by atoms with van der Waals surface area (Å²) in [6, 6.07) is 13.8. The zero-order valence-electron chi connectivity index (χ0n) is 11.7. The number of hydrogen-bond acceptors (Lipinski definition) is 3. The maximum atomic E-state index is 12.6. The van der Waals surface area contributed by atoms with Crippen molar-refractivity contribution in [3.63, 3.8) is 0 Å². The molecule has 104 valence electrons. The summed E-state index contributed by atoms with van der Waals surface area (Å²) in [5.41, 5.74) is 0.782. The second-order valence-corrected chi connectivity index (χ2v) is 5.39. The highest BCUT2D eigenvalue weighted by molar-refractivity contribution is 5.99. The van der Waals surface area contributed by atoms with E-state index < -0.39 is 0 Å². The molecule has 1 saturated carbocycles. The number of furan rings is 1. The van der Waals surface area contributed by atoms with Crippen LogP contribution >= 0.6 is 0 Å². The molecular weight excluding hydrogens is 250 g/mol. The Morgan fingerprint density at radius 2 is 2.00 bits per heavy atom. The number of carbonyl (C=O) groups is 1. The summed E-state index contributed by atoms with van der Waals surface area (Å²) in [5.74, 6) is 1.11. The zero-order chi connectivity index (χ0) is 13.9. The number of ketones is 1. The van der Waals surface area contributed by atoms with Gasteiger partial charge in [0.05, 0.1) is 18.8 Å². The molecule has 1 aromatic heterocycles. The van der Waals surface area contributed by atoms with Gasteiger partial charge >= 0.3 is 0 Å². The fourth-order valence-electron chi connectivity index (χ4n) is 2.57. The first-order valence-electron chi connectivity index (χ1n) is 7.13. The molecule has 1 aliphatic rings. The Balaban J connectivity index is 1.75. The molecular formula is C17H19NO2. The molecule has 0 spiro atoms. The summed E-state index contributed by atoms with van der Waals surface area (Å²) < 4.78 is 5.42. The molecule has 2 aromatic rings. The summed E-state index contributed by atoms with van der Waals surface area (Å²) in [6.45, 7) is 2.70. The second kappa shape index (κ2) is 5.63. The molecule has 1 unspecified atom stereocenters. The highest BCUT2D eigenvalue weighted by Crippen LogP contribution is 2.31. The average molecular weight is 269 g/mol. The Bertz CT molecular complexity index is 558. The molecule has 3 heteroatoms. The van der Waals surface area contributed by atoms with Gasteiger partial charge in [-0.15, -0.1) is 0 Å². The molecule has 1 fully saturated rings. The van der Waals surface area contributed by atoms with Gasteiger partial charge in [0.25, 0.3) is 0 Å². The lowest BCUT2D eigenvalue weighted by molar-refractivity contribution is 0.0803. The zero-order valence-corrected chi connectivity index (χ0v) is 11.7. The van der Waals surface area contributed by atoms with Gasteiger partial charge < -0.3 is 4.42 Å². The molecule has 1 aromatic carbocycles. The summed E-state index contributed by atoms with van der Waals surface area (Å²) in [7, 11) is 0. The van der Waals surface area contributed by atoms with Crippen molar-refractivity contribution in [1.82, 2.24) is 4.90 Å². The molecule has 20 heavy (non-hydrogen) atoms. The van der Waals surface area contributed by atoms with Crippen molar-refractivity contribution >= 4 is 5.78 Å². The molecule has 0 amide bonds. The van der Waals surface area contributed by atoms with E-state index in [1.165, 1.54) is 12.8 Å². The van der Waals surface area contributed by atoms with Crippen LogP contribution in [0.3, 0.4) is 0 Å². The van der Waals surface area contributed by atoms with Crippen molar-refractivity contribution in [2.75, 3.05) is 0 Å². The minimum atomic E-state index is -0.116. The first-order valence-corrected chi connectivity index (χ1v) is 7.13. The summed E-state index contributed by atoms with van der Waals surface area (Å²) in [5, 5.41) is 0. The van der Waals surface area contributed by atoms with Gasteiger partial charge in [0.15, 0.2) is 5.78 Å². The van der Waals surface area contributed by atoms with Gasteiger partial charge in [-0.2, -0.15) is 0 Å². The maximum Gasteiger partial charge on any atom is 0.179 e. The first-order chi connectivity index (χ1) is 9.75. The fraction of sp³-hybridized carbons (Fsp3) is 0.353. The Kier molecular flexibility index (Phi) is 3.70. The first kappa shape index (κ1) is 13.1. The van der Waals surface area contributed by atoms with E-state index in [1.807, 2.05) is 49.4 Å². The van der Waals surface area contributed by atoms with Crippen molar-refractivity contribution in [3.05, 3.63) is 60.1 Å². The minimum absolute atomic E-state index is 0.116. The molecule has 3 nitrogen and oxygen atoms in total. The lowest BCUT2D eigenvalue weighted by Crippen LogP contribution is -2.40. The Hall–Kier alpha value is -1.87. The monoisotopic (exact) mass is 269 g/mol. The predicted molar refractivity (Wildman–Crippen MR) is 77.5 cm³/mol. The van der Waals surface area contributed by atoms with Gasteiger partial charge in [-0.3, -0.25) is 9.69 Å². The van der Waals surface area contributed by atoms with E-state index in [9.17, 15) is 4.79 Å². The van der Waals surface area contributed by atoms with Gasteiger partial charge in [-0.05, 0) is 31.9 Å². The second-order valence-electron chi connectivity index (χ2n) is 5.39. The van der Waals surface area contributed by atoms with Gasteiger partial charge in [0.1, 0.15) is 5.76 Å². The predicted octanol–water partition coefficient (Wildman–Crippen LogP) is 3.52. The van der Waals surface area contributed by atoms with Crippen LogP contribution in [-0.4, -0.2) is 22.8 Å². The van der Waals surface area contributed by atoms with E-state index >= 15 is 0 Å². The van der Waals surface area contributed by atoms with E-state index in [-0.39, 0.29) is 11.8 Å². The normalized spacial score (nSPS) is 16.3. The number of Topliss-reactive ketones (excluding diaryl/α,β-unsaturated/α-hetero) is 1. The van der Waals surface area contributed by atoms with Gasteiger partial charge in [-0.25, -0.2) is 0 Å². The van der Waals surface area contributed by atoms with Crippen LogP contribution in [0, 0.1) is 0 Å². The SMILES string of the molecule is CC(C(=O)c1ccccc1)N(Cc1ccco1)C1CC1. The van der Waals surface area contributed by atoms with Crippen LogP contribution in [0.5, 0.6) is 0 Å². The molecule has 1 heterocycles. The highest BCUT2D eigenvalue weighted by atomic mass is 16.3. The standard InChI is InChI=1S/C17H19NO2/c1-13(17(19)14-6-3-2-4-7-14)18(15-9-10-15)12-16-8-5-11-20-16/h2-8,11,13,15H,9-10,12H2,1H3. The van der Waals surface area contributed by atoms with Crippen LogP contribution in [0.2, 0.25) is 0 Å². The summed E-state index contributed by atoms with van der Waals surface area (Å²) in [6.07, 6.45) is 4.03. The molecule has 1 aliphatic carbocycles. The lowest BCUT2D eigenvalue weighted by Gasteiger charge is -2.27. The minimum Gasteiger partial charge on any atom is -0.468 e. The topological polar surface area (TPSA) is 33.5 Å². The summed E-state index contributed by atoms with van der Waals surface area (Å²) in [4.78, 5) is 14.8. The van der Waals surface area contributed by atoms with Crippen molar-refractivity contribution in [2.45, 2.75) is 38.4 Å². The van der Waals surface area contributed by atoms with Gasteiger partial charge in [0.2, 0.25) is 0 Å². The van der Waals surface area contributed by atoms with Crippen LogP contribution in [0.25, 0.3) is 0 Å². The molecule has 1 atom stereocenters. The third-order valence-corrected chi connectivity index (χ3v) is 3.87. The number of carbonyl (C=O) groups excluding carboxylic acids is 1. The molecule has 3 rings (SSSR count). The molecule has 0 radical (unpaired) electrons. The third kappa shape index (κ3) is 2.83. The Morgan fingerprint density at radius 1 is 1.25 bits per heavy atom. The number of hydrogen-bond donors (Lipinski definition) is 0. The summed E-state index contributed by atoms with van der Waals surface area (Å²) >= 11 is 0. The Labute approximate surface area is 119 Å². The number of nitrogens with zero attached hydrogens (tertiary/aromatic N) is 1. The van der Waals surface area contributed by atoms with Crippen LogP contribution in [-0.2, 0) is 6.54 Å². The third-order valence-electron chi connectivity index (χ3n) is 3.87. The van der Waals surface area contributed by atoms with E-state index in [1.54, 1.807) is 6.26 Å². The van der Waals surface area contributed by atoms with Crippen LogP contribution < -0.4 is 0 Å². The largest absolute Gasteiger partial charge is 0.468 e. The van der Waals surface area contributed by atoms with Crippen LogP contribution in [0.4, 0.5) is 0 Å². The van der Waals surface area contributed by atoms with E-state index in [4.69, 9.17) is 4.42 Å². The fourth-order valence-corrected chi connectivity index (χ4v) is 2.57.